The number of benzene rings is 2. The molecule has 0 fully saturated rings. The molecule has 2 amide bonds. The van der Waals surface area contributed by atoms with Crippen molar-refractivity contribution in [1.82, 2.24) is 5.32 Å². The van der Waals surface area contributed by atoms with Gasteiger partial charge in [0.2, 0.25) is 0 Å². The predicted octanol–water partition coefficient (Wildman–Crippen LogP) is 4.92. The fourth-order valence-corrected chi connectivity index (χ4v) is 2.79. The first-order chi connectivity index (χ1) is 13.7. The zero-order valence-corrected chi connectivity index (χ0v) is 18.0. The molecule has 0 saturated heterocycles. The van der Waals surface area contributed by atoms with Crippen LogP contribution in [0.2, 0.25) is 0 Å². The average molecular weight is 397 g/mol. The molecule has 0 aliphatic heterocycles. The standard InChI is InChI=1S/C24H32N2O3/c1-6-7-16-25-23(28)20-10-8-9-11-21(20)26-22(27)17(2)29-19-14-12-18(13-15-19)24(3,4)5/h8-15,17H,6-7,16H2,1-5H3,(H,25,28)(H,26,27)/t17-/m1/s1. The van der Waals surface area contributed by atoms with Gasteiger partial charge in [0.15, 0.2) is 6.10 Å². The van der Waals surface area contributed by atoms with Crippen LogP contribution >= 0.6 is 0 Å². The van der Waals surface area contributed by atoms with Gasteiger partial charge in [0, 0.05) is 6.54 Å². The van der Waals surface area contributed by atoms with Crippen LogP contribution in [0.3, 0.4) is 0 Å². The van der Waals surface area contributed by atoms with Gasteiger partial charge >= 0.3 is 0 Å². The van der Waals surface area contributed by atoms with Crippen molar-refractivity contribution in [1.29, 1.82) is 0 Å². The third-order valence-electron chi connectivity index (χ3n) is 4.65. The quantitative estimate of drug-likeness (QED) is 0.622. The third-order valence-corrected chi connectivity index (χ3v) is 4.65. The fraction of sp³-hybridized carbons (Fsp3) is 0.417. The molecule has 0 saturated carbocycles. The van der Waals surface area contributed by atoms with Crippen molar-refractivity contribution >= 4 is 17.5 Å². The lowest BCUT2D eigenvalue weighted by atomic mass is 9.87. The largest absolute Gasteiger partial charge is 0.481 e. The van der Waals surface area contributed by atoms with E-state index in [-0.39, 0.29) is 17.2 Å². The number of carbonyl (C=O) groups excluding carboxylic acids is 2. The van der Waals surface area contributed by atoms with Gasteiger partial charge in [-0.05, 0) is 48.6 Å². The van der Waals surface area contributed by atoms with Crippen LogP contribution in [-0.2, 0) is 10.2 Å². The molecule has 0 unspecified atom stereocenters. The molecule has 0 aromatic heterocycles. The molecule has 1 atom stereocenters. The zero-order chi connectivity index (χ0) is 21.4. The fourth-order valence-electron chi connectivity index (χ4n) is 2.79. The van der Waals surface area contributed by atoms with Gasteiger partial charge < -0.3 is 15.4 Å². The van der Waals surface area contributed by atoms with Gasteiger partial charge in [-0.15, -0.1) is 0 Å². The number of ether oxygens (including phenoxy) is 1. The van der Waals surface area contributed by atoms with Gasteiger partial charge in [-0.3, -0.25) is 9.59 Å². The van der Waals surface area contributed by atoms with Crippen LogP contribution in [0.4, 0.5) is 5.69 Å². The van der Waals surface area contributed by atoms with Crippen LogP contribution in [-0.4, -0.2) is 24.5 Å². The predicted molar refractivity (Wildman–Crippen MR) is 118 cm³/mol. The Kier molecular flexibility index (Phi) is 7.82. The molecule has 0 radical (unpaired) electrons. The molecule has 29 heavy (non-hydrogen) atoms. The van der Waals surface area contributed by atoms with E-state index in [2.05, 4.69) is 38.3 Å². The highest BCUT2D eigenvalue weighted by Gasteiger charge is 2.19. The molecule has 0 bridgehead atoms. The average Bonchev–Trinajstić information content (AvgIpc) is 2.68. The van der Waals surface area contributed by atoms with E-state index in [1.54, 1.807) is 31.2 Å². The van der Waals surface area contributed by atoms with E-state index in [9.17, 15) is 9.59 Å². The highest BCUT2D eigenvalue weighted by molar-refractivity contribution is 6.04. The van der Waals surface area contributed by atoms with E-state index in [0.29, 0.717) is 23.5 Å². The summed E-state index contributed by atoms with van der Waals surface area (Å²) in [5.74, 6) is 0.130. The van der Waals surface area contributed by atoms with Crippen LogP contribution in [0, 0.1) is 0 Å². The van der Waals surface area contributed by atoms with Gasteiger partial charge in [-0.25, -0.2) is 0 Å². The summed E-state index contributed by atoms with van der Waals surface area (Å²) in [6, 6.07) is 14.8. The minimum Gasteiger partial charge on any atom is -0.481 e. The Morgan fingerprint density at radius 3 is 2.31 bits per heavy atom. The van der Waals surface area contributed by atoms with E-state index in [1.165, 1.54) is 5.56 Å². The number of amides is 2. The van der Waals surface area contributed by atoms with Crippen molar-refractivity contribution < 1.29 is 14.3 Å². The van der Waals surface area contributed by atoms with Crippen molar-refractivity contribution in [2.45, 2.75) is 59.0 Å². The summed E-state index contributed by atoms with van der Waals surface area (Å²) < 4.78 is 5.78. The number of hydrogen-bond acceptors (Lipinski definition) is 3. The Bertz CT molecular complexity index is 823. The Morgan fingerprint density at radius 1 is 1.03 bits per heavy atom. The number of hydrogen-bond donors (Lipinski definition) is 2. The first-order valence-corrected chi connectivity index (χ1v) is 10.2. The minimum absolute atomic E-state index is 0.0585. The summed E-state index contributed by atoms with van der Waals surface area (Å²) in [6.07, 6.45) is 1.22. The summed E-state index contributed by atoms with van der Waals surface area (Å²) in [7, 11) is 0. The summed E-state index contributed by atoms with van der Waals surface area (Å²) >= 11 is 0. The first kappa shape index (κ1) is 22.5. The number of anilines is 1. The molecule has 0 aliphatic carbocycles. The van der Waals surface area contributed by atoms with Crippen LogP contribution in [0.25, 0.3) is 0 Å². The van der Waals surface area contributed by atoms with Crippen LogP contribution in [0.15, 0.2) is 48.5 Å². The number of rotatable bonds is 8. The highest BCUT2D eigenvalue weighted by atomic mass is 16.5. The molecule has 5 heteroatoms. The maximum Gasteiger partial charge on any atom is 0.265 e. The zero-order valence-electron chi connectivity index (χ0n) is 18.0. The van der Waals surface area contributed by atoms with Crippen LogP contribution in [0.1, 0.15) is 63.4 Å². The maximum absolute atomic E-state index is 12.6. The number of nitrogens with one attached hydrogen (secondary N) is 2. The van der Waals surface area contributed by atoms with Gasteiger partial charge in [-0.2, -0.15) is 0 Å². The normalized spacial score (nSPS) is 12.2. The third kappa shape index (κ3) is 6.63. The molecule has 2 N–H and O–H groups in total. The molecule has 2 rings (SSSR count). The topological polar surface area (TPSA) is 67.4 Å². The second-order valence-electron chi connectivity index (χ2n) is 8.18. The van der Waals surface area contributed by atoms with E-state index in [0.717, 1.165) is 12.8 Å². The van der Waals surface area contributed by atoms with Gasteiger partial charge in [0.1, 0.15) is 5.75 Å². The highest BCUT2D eigenvalue weighted by Crippen LogP contribution is 2.25. The summed E-state index contributed by atoms with van der Waals surface area (Å²) in [5, 5.41) is 5.69. The van der Waals surface area contributed by atoms with Gasteiger partial charge in [0.25, 0.3) is 11.8 Å². The van der Waals surface area contributed by atoms with Crippen molar-refractivity contribution in [3.05, 3.63) is 59.7 Å². The molecular formula is C24H32N2O3. The molecule has 156 valence electrons. The Balaban J connectivity index is 2.02. The SMILES string of the molecule is CCCCNC(=O)c1ccccc1NC(=O)[C@@H](C)Oc1ccc(C(C)(C)C)cc1. The first-order valence-electron chi connectivity index (χ1n) is 10.2. The lowest BCUT2D eigenvalue weighted by Crippen LogP contribution is -2.32. The van der Waals surface area contributed by atoms with E-state index in [4.69, 9.17) is 4.74 Å². The second-order valence-corrected chi connectivity index (χ2v) is 8.18. The van der Waals surface area contributed by atoms with E-state index >= 15 is 0 Å². The lowest BCUT2D eigenvalue weighted by molar-refractivity contribution is -0.122. The molecule has 0 aliphatic rings. The van der Waals surface area contributed by atoms with E-state index < -0.39 is 6.10 Å². The molecular weight excluding hydrogens is 364 g/mol. The lowest BCUT2D eigenvalue weighted by Gasteiger charge is -2.20. The number of carbonyl (C=O) groups is 2. The second kappa shape index (κ2) is 10.1. The maximum atomic E-state index is 12.6. The van der Waals surface area contributed by atoms with Crippen molar-refractivity contribution in [3.8, 4) is 5.75 Å². The Hall–Kier alpha value is -2.82. The van der Waals surface area contributed by atoms with Crippen LogP contribution < -0.4 is 15.4 Å². The van der Waals surface area contributed by atoms with Gasteiger partial charge in [0.05, 0.1) is 11.3 Å². The van der Waals surface area contributed by atoms with Crippen molar-refractivity contribution in [3.63, 3.8) is 0 Å². The summed E-state index contributed by atoms with van der Waals surface area (Å²) in [5.41, 5.74) is 2.18. The molecule has 2 aromatic carbocycles. The molecule has 2 aromatic rings. The summed E-state index contributed by atoms with van der Waals surface area (Å²) in [4.78, 5) is 25.0. The molecule has 5 nitrogen and oxygen atoms in total. The monoisotopic (exact) mass is 396 g/mol. The Morgan fingerprint density at radius 2 is 1.69 bits per heavy atom. The minimum atomic E-state index is -0.702. The molecule has 0 heterocycles. The van der Waals surface area contributed by atoms with Crippen molar-refractivity contribution in [2.24, 2.45) is 0 Å². The number of unbranched alkanes of at least 4 members (excludes halogenated alkanes) is 1. The van der Waals surface area contributed by atoms with Gasteiger partial charge in [-0.1, -0.05) is 58.4 Å². The van der Waals surface area contributed by atoms with Crippen LogP contribution in [0.5, 0.6) is 5.75 Å². The summed E-state index contributed by atoms with van der Waals surface area (Å²) in [6.45, 7) is 10.8. The Labute approximate surface area is 173 Å². The van der Waals surface area contributed by atoms with E-state index in [1.807, 2.05) is 24.3 Å². The molecule has 0 spiro atoms. The smallest absolute Gasteiger partial charge is 0.265 e. The number of para-hydroxylation sites is 1. The van der Waals surface area contributed by atoms with Crippen molar-refractivity contribution in [2.75, 3.05) is 11.9 Å².